The third kappa shape index (κ3) is 2.82. The van der Waals surface area contributed by atoms with Crippen molar-refractivity contribution in [3.63, 3.8) is 0 Å². The van der Waals surface area contributed by atoms with Gasteiger partial charge in [-0.25, -0.2) is 9.97 Å². The van der Waals surface area contributed by atoms with E-state index in [1.54, 1.807) is 0 Å². The van der Waals surface area contributed by atoms with Crippen LogP contribution in [-0.2, 0) is 0 Å². The highest BCUT2D eigenvalue weighted by Gasteiger charge is 2.21. The maximum atomic E-state index is 6.35. The van der Waals surface area contributed by atoms with Crippen LogP contribution in [0.5, 0.6) is 0 Å². The molecule has 0 spiro atoms. The Hall–Kier alpha value is -1.12. The Kier molecular flexibility index (Phi) is 4.23. The third-order valence-electron chi connectivity index (χ3n) is 3.87. The van der Waals surface area contributed by atoms with Crippen molar-refractivity contribution in [1.29, 1.82) is 0 Å². The van der Waals surface area contributed by atoms with Gasteiger partial charge in [0.25, 0.3) is 0 Å². The molecular formula is C16H16Cl2N2. The molecule has 0 radical (unpaired) electrons. The van der Waals surface area contributed by atoms with E-state index in [1.165, 1.54) is 19.3 Å². The van der Waals surface area contributed by atoms with Gasteiger partial charge in [-0.1, -0.05) is 72.8 Å². The van der Waals surface area contributed by atoms with Gasteiger partial charge in [0.2, 0.25) is 0 Å². The highest BCUT2D eigenvalue weighted by molar-refractivity contribution is 6.37. The molecule has 1 aromatic heterocycles. The maximum absolute atomic E-state index is 6.35. The molecule has 1 aromatic carbocycles. The van der Waals surface area contributed by atoms with Crippen molar-refractivity contribution in [3.05, 3.63) is 46.5 Å². The average molecular weight is 307 g/mol. The van der Waals surface area contributed by atoms with E-state index in [2.05, 4.69) is 9.97 Å². The topological polar surface area (TPSA) is 25.8 Å². The summed E-state index contributed by atoms with van der Waals surface area (Å²) < 4.78 is 0. The van der Waals surface area contributed by atoms with Gasteiger partial charge in [0.1, 0.15) is 16.1 Å². The summed E-state index contributed by atoms with van der Waals surface area (Å²) in [7, 11) is 0. The molecule has 1 saturated carbocycles. The number of rotatable bonds is 2. The van der Waals surface area contributed by atoms with Crippen LogP contribution in [0, 0.1) is 0 Å². The van der Waals surface area contributed by atoms with Crippen LogP contribution < -0.4 is 0 Å². The Morgan fingerprint density at radius 1 is 0.850 bits per heavy atom. The van der Waals surface area contributed by atoms with E-state index in [1.807, 2.05) is 30.3 Å². The normalized spacial score (nSPS) is 16.3. The fraction of sp³-hybridized carbons (Fsp3) is 0.375. The lowest BCUT2D eigenvalue weighted by molar-refractivity contribution is 0.428. The Morgan fingerprint density at radius 3 is 2.05 bits per heavy atom. The number of hydrogen-bond acceptors (Lipinski definition) is 2. The first kappa shape index (κ1) is 13.8. The number of benzene rings is 1. The van der Waals surface area contributed by atoms with Crippen molar-refractivity contribution < 1.29 is 0 Å². The predicted octanol–water partition coefficient (Wildman–Crippen LogP) is 5.50. The third-order valence-corrected chi connectivity index (χ3v) is 4.42. The van der Waals surface area contributed by atoms with Gasteiger partial charge in [-0.15, -0.1) is 0 Å². The molecule has 0 amide bonds. The first-order valence-electron chi connectivity index (χ1n) is 7.04. The number of aromatic nitrogens is 2. The van der Waals surface area contributed by atoms with Gasteiger partial charge in [0, 0.05) is 5.92 Å². The van der Waals surface area contributed by atoms with Crippen LogP contribution >= 0.6 is 23.2 Å². The van der Waals surface area contributed by atoms with Crippen molar-refractivity contribution >= 4 is 23.2 Å². The summed E-state index contributed by atoms with van der Waals surface area (Å²) in [6.07, 6.45) is 6.06. The number of halogens is 2. The molecule has 2 aromatic rings. The highest BCUT2D eigenvalue weighted by Crippen LogP contribution is 2.36. The van der Waals surface area contributed by atoms with Crippen molar-refractivity contribution in [2.45, 2.75) is 38.0 Å². The van der Waals surface area contributed by atoms with Crippen LogP contribution in [0.15, 0.2) is 30.3 Å². The van der Waals surface area contributed by atoms with E-state index >= 15 is 0 Å². The summed E-state index contributed by atoms with van der Waals surface area (Å²) in [6, 6.07) is 9.81. The summed E-state index contributed by atoms with van der Waals surface area (Å²) in [4.78, 5) is 9.01. The van der Waals surface area contributed by atoms with Crippen LogP contribution in [-0.4, -0.2) is 9.97 Å². The van der Waals surface area contributed by atoms with Gasteiger partial charge in [-0.05, 0) is 18.4 Å². The Bertz CT molecular complexity index is 570. The highest BCUT2D eigenvalue weighted by atomic mass is 35.5. The monoisotopic (exact) mass is 306 g/mol. The predicted molar refractivity (Wildman–Crippen MR) is 83.3 cm³/mol. The molecule has 0 unspecified atom stereocenters. The van der Waals surface area contributed by atoms with E-state index in [-0.39, 0.29) is 0 Å². The zero-order chi connectivity index (χ0) is 13.9. The van der Waals surface area contributed by atoms with Gasteiger partial charge in [0.05, 0.1) is 5.56 Å². The van der Waals surface area contributed by atoms with Crippen LogP contribution in [0.4, 0.5) is 0 Å². The Morgan fingerprint density at radius 2 is 1.45 bits per heavy atom. The summed E-state index contributed by atoms with van der Waals surface area (Å²) >= 11 is 12.7. The van der Waals surface area contributed by atoms with E-state index in [0.29, 0.717) is 16.2 Å². The molecule has 3 rings (SSSR count). The van der Waals surface area contributed by atoms with Gasteiger partial charge in [0.15, 0.2) is 0 Å². The van der Waals surface area contributed by atoms with Gasteiger partial charge in [-0.3, -0.25) is 0 Å². The maximum Gasteiger partial charge on any atom is 0.142 e. The second kappa shape index (κ2) is 6.11. The molecule has 0 N–H and O–H groups in total. The van der Waals surface area contributed by atoms with Crippen LogP contribution in [0.1, 0.15) is 43.8 Å². The van der Waals surface area contributed by atoms with Crippen molar-refractivity contribution in [2.24, 2.45) is 0 Å². The molecule has 0 aliphatic heterocycles. The van der Waals surface area contributed by atoms with Crippen LogP contribution in [0.3, 0.4) is 0 Å². The van der Waals surface area contributed by atoms with Crippen molar-refractivity contribution in [3.8, 4) is 11.1 Å². The molecule has 104 valence electrons. The van der Waals surface area contributed by atoms with E-state index in [9.17, 15) is 0 Å². The molecular weight excluding hydrogens is 291 g/mol. The zero-order valence-corrected chi connectivity index (χ0v) is 12.7. The SMILES string of the molecule is Clc1nc(C2CCCCC2)nc(Cl)c1-c1ccccc1. The van der Waals surface area contributed by atoms with Gasteiger partial charge < -0.3 is 0 Å². The Balaban J connectivity index is 1.98. The lowest BCUT2D eigenvalue weighted by atomic mass is 9.88. The standard InChI is InChI=1S/C16H16Cl2N2/c17-14-13(11-7-3-1-4-8-11)15(18)20-16(19-14)12-9-5-2-6-10-12/h1,3-4,7-8,12H,2,5-6,9-10H2. The minimum atomic E-state index is 0.406. The molecule has 2 nitrogen and oxygen atoms in total. The number of hydrogen-bond donors (Lipinski definition) is 0. The zero-order valence-electron chi connectivity index (χ0n) is 11.1. The fourth-order valence-electron chi connectivity index (χ4n) is 2.81. The largest absolute Gasteiger partial charge is 0.220 e. The fourth-order valence-corrected chi connectivity index (χ4v) is 3.43. The summed E-state index contributed by atoms with van der Waals surface area (Å²) in [6.45, 7) is 0. The second-order valence-electron chi connectivity index (χ2n) is 5.24. The summed E-state index contributed by atoms with van der Waals surface area (Å²) in [5.41, 5.74) is 1.69. The van der Waals surface area contributed by atoms with Gasteiger partial charge >= 0.3 is 0 Å². The molecule has 1 aliphatic carbocycles. The summed E-state index contributed by atoms with van der Waals surface area (Å²) in [5.74, 6) is 1.21. The lowest BCUT2D eigenvalue weighted by Gasteiger charge is -2.21. The minimum absolute atomic E-state index is 0.406. The smallest absolute Gasteiger partial charge is 0.142 e. The molecule has 1 heterocycles. The Labute approximate surface area is 129 Å². The molecule has 0 bridgehead atoms. The van der Waals surface area contributed by atoms with E-state index < -0.39 is 0 Å². The molecule has 1 aliphatic rings. The molecule has 0 atom stereocenters. The minimum Gasteiger partial charge on any atom is -0.220 e. The van der Waals surface area contributed by atoms with Crippen molar-refractivity contribution in [2.75, 3.05) is 0 Å². The van der Waals surface area contributed by atoms with Crippen LogP contribution in [0.25, 0.3) is 11.1 Å². The van der Waals surface area contributed by atoms with Gasteiger partial charge in [-0.2, -0.15) is 0 Å². The van der Waals surface area contributed by atoms with E-state index in [4.69, 9.17) is 23.2 Å². The second-order valence-corrected chi connectivity index (χ2v) is 5.96. The number of nitrogens with zero attached hydrogens (tertiary/aromatic N) is 2. The average Bonchev–Trinajstić information content (AvgIpc) is 2.48. The molecule has 0 saturated heterocycles. The first-order chi connectivity index (χ1) is 9.75. The molecule has 20 heavy (non-hydrogen) atoms. The van der Waals surface area contributed by atoms with E-state index in [0.717, 1.165) is 29.8 Å². The first-order valence-corrected chi connectivity index (χ1v) is 7.79. The van der Waals surface area contributed by atoms with Crippen LogP contribution in [0.2, 0.25) is 10.3 Å². The molecule has 1 fully saturated rings. The quantitative estimate of drug-likeness (QED) is 0.685. The summed E-state index contributed by atoms with van der Waals surface area (Å²) in [5, 5.41) is 0.911. The van der Waals surface area contributed by atoms with Crippen molar-refractivity contribution in [1.82, 2.24) is 9.97 Å². The molecule has 4 heteroatoms. The lowest BCUT2D eigenvalue weighted by Crippen LogP contribution is -2.09.